The van der Waals surface area contributed by atoms with Gasteiger partial charge in [-0.3, -0.25) is 9.59 Å². The molecular weight excluding hydrogens is 352 g/mol. The summed E-state index contributed by atoms with van der Waals surface area (Å²) in [7, 11) is 0. The molecule has 27 heavy (non-hydrogen) atoms. The number of carbonyl (C=O) groups excluding carboxylic acids is 3. The molecule has 0 aromatic carbocycles. The topological polar surface area (TPSA) is 110 Å². The first-order chi connectivity index (χ1) is 12.4. The van der Waals surface area contributed by atoms with E-state index in [2.05, 4.69) is 6.58 Å². The first kappa shape index (κ1) is 21.3. The van der Waals surface area contributed by atoms with E-state index in [0.717, 1.165) is 6.92 Å². The zero-order valence-corrected chi connectivity index (χ0v) is 16.2. The Bertz CT molecular complexity index is 661. The average Bonchev–Trinajstić information content (AvgIpc) is 2.82. The van der Waals surface area contributed by atoms with E-state index in [9.17, 15) is 24.6 Å². The summed E-state index contributed by atoms with van der Waals surface area (Å²) in [6.07, 6.45) is -0.510. The third-order valence-electron chi connectivity index (χ3n) is 5.09. The van der Waals surface area contributed by atoms with Crippen molar-refractivity contribution < 1.29 is 34.1 Å². The minimum absolute atomic E-state index is 0.0136. The Hall–Kier alpha value is -1.99. The van der Waals surface area contributed by atoms with Crippen molar-refractivity contribution in [2.24, 2.45) is 17.8 Å². The van der Waals surface area contributed by atoms with Crippen LogP contribution in [0.4, 0.5) is 0 Å². The van der Waals surface area contributed by atoms with Crippen LogP contribution in [0.25, 0.3) is 0 Å². The number of aliphatic hydroxyl groups is 2. The molecule has 1 aliphatic carbocycles. The van der Waals surface area contributed by atoms with Gasteiger partial charge in [0.25, 0.3) is 0 Å². The summed E-state index contributed by atoms with van der Waals surface area (Å²) in [6, 6.07) is 0. The third kappa shape index (κ3) is 4.47. The number of ether oxygens (including phenoxy) is 2. The molecule has 2 aliphatic rings. The second-order valence-electron chi connectivity index (χ2n) is 8.08. The van der Waals surface area contributed by atoms with Gasteiger partial charge in [0.2, 0.25) is 0 Å². The molecule has 0 amide bonds. The summed E-state index contributed by atoms with van der Waals surface area (Å²) in [6.45, 7) is 10.4. The summed E-state index contributed by atoms with van der Waals surface area (Å²) in [4.78, 5) is 36.8. The van der Waals surface area contributed by atoms with Gasteiger partial charge in [0.15, 0.2) is 11.4 Å². The number of fused-ring (bicyclic) bond motifs is 1. The zero-order valence-electron chi connectivity index (χ0n) is 16.2. The highest BCUT2D eigenvalue weighted by molar-refractivity contribution is 5.97. The van der Waals surface area contributed by atoms with Crippen LogP contribution in [0.3, 0.4) is 0 Å². The Morgan fingerprint density at radius 3 is 2.67 bits per heavy atom. The molecule has 150 valence electrons. The molecule has 1 aliphatic heterocycles. The molecule has 0 saturated carbocycles. The molecule has 1 fully saturated rings. The van der Waals surface area contributed by atoms with Gasteiger partial charge in [0, 0.05) is 12.0 Å². The van der Waals surface area contributed by atoms with Crippen molar-refractivity contribution in [3.8, 4) is 0 Å². The van der Waals surface area contributed by atoms with E-state index < -0.39 is 47.6 Å². The molecule has 6 unspecified atom stereocenters. The number of allylic oxidation sites excluding steroid dienone is 1. The summed E-state index contributed by atoms with van der Waals surface area (Å²) in [5.74, 6) is -2.91. The van der Waals surface area contributed by atoms with Gasteiger partial charge in [0.05, 0.1) is 5.92 Å². The molecule has 2 N–H and O–H groups in total. The lowest BCUT2D eigenvalue weighted by Gasteiger charge is -2.37. The highest BCUT2D eigenvalue weighted by atomic mass is 16.6. The molecule has 1 heterocycles. The average molecular weight is 380 g/mol. The molecule has 0 spiro atoms. The van der Waals surface area contributed by atoms with Crippen LogP contribution in [0.5, 0.6) is 0 Å². The molecule has 7 nitrogen and oxygen atoms in total. The lowest BCUT2D eigenvalue weighted by molar-refractivity contribution is -0.181. The van der Waals surface area contributed by atoms with E-state index in [0.29, 0.717) is 6.42 Å². The van der Waals surface area contributed by atoms with E-state index in [1.807, 2.05) is 20.8 Å². The lowest BCUT2D eigenvalue weighted by Crippen LogP contribution is -2.56. The van der Waals surface area contributed by atoms with Crippen molar-refractivity contribution in [3.05, 3.63) is 24.3 Å². The van der Waals surface area contributed by atoms with E-state index in [1.54, 1.807) is 6.08 Å². The third-order valence-corrected chi connectivity index (χ3v) is 5.09. The van der Waals surface area contributed by atoms with Crippen molar-refractivity contribution >= 4 is 17.7 Å². The Balaban J connectivity index is 2.48. The lowest BCUT2D eigenvalue weighted by atomic mass is 9.77. The fourth-order valence-corrected chi connectivity index (χ4v) is 3.45. The minimum atomic E-state index is -2.20. The molecule has 7 heteroatoms. The smallest absolute Gasteiger partial charge is 0.334 e. The number of esters is 2. The van der Waals surface area contributed by atoms with Gasteiger partial charge in [-0.1, -0.05) is 33.4 Å². The Morgan fingerprint density at radius 1 is 1.44 bits per heavy atom. The van der Waals surface area contributed by atoms with Crippen molar-refractivity contribution in [1.82, 2.24) is 0 Å². The number of aliphatic hydroxyl groups excluding tert-OH is 1. The predicted molar refractivity (Wildman–Crippen MR) is 96.4 cm³/mol. The first-order valence-corrected chi connectivity index (χ1v) is 9.17. The highest BCUT2D eigenvalue weighted by Gasteiger charge is 2.53. The zero-order chi connectivity index (χ0) is 20.5. The van der Waals surface area contributed by atoms with E-state index in [-0.39, 0.29) is 23.8 Å². The molecular formula is C20H28O7. The molecule has 0 bridgehead atoms. The Kier molecular flexibility index (Phi) is 6.27. The monoisotopic (exact) mass is 380 g/mol. The van der Waals surface area contributed by atoms with Gasteiger partial charge in [-0.05, 0) is 31.3 Å². The first-order valence-electron chi connectivity index (χ1n) is 9.17. The van der Waals surface area contributed by atoms with Gasteiger partial charge in [-0.2, -0.15) is 0 Å². The van der Waals surface area contributed by atoms with Gasteiger partial charge in [-0.25, -0.2) is 4.79 Å². The van der Waals surface area contributed by atoms with Crippen LogP contribution in [0, 0.1) is 17.8 Å². The van der Waals surface area contributed by atoms with Gasteiger partial charge >= 0.3 is 11.9 Å². The highest BCUT2D eigenvalue weighted by Crippen LogP contribution is 2.39. The maximum atomic E-state index is 12.4. The van der Waals surface area contributed by atoms with Gasteiger partial charge in [0.1, 0.15) is 18.3 Å². The molecule has 0 radical (unpaired) electrons. The van der Waals surface area contributed by atoms with Crippen LogP contribution in [0.2, 0.25) is 0 Å². The van der Waals surface area contributed by atoms with E-state index in [1.165, 1.54) is 6.08 Å². The number of ketones is 1. The van der Waals surface area contributed by atoms with Crippen LogP contribution in [0.1, 0.15) is 40.5 Å². The fraction of sp³-hybridized carbons (Fsp3) is 0.650. The maximum Gasteiger partial charge on any atom is 0.334 e. The molecule has 0 aromatic heterocycles. The molecule has 1 saturated heterocycles. The van der Waals surface area contributed by atoms with Crippen LogP contribution >= 0.6 is 0 Å². The van der Waals surface area contributed by atoms with Gasteiger partial charge in [-0.15, -0.1) is 0 Å². The van der Waals surface area contributed by atoms with Crippen molar-refractivity contribution in [2.45, 2.75) is 64.4 Å². The largest absolute Gasteiger partial charge is 0.459 e. The van der Waals surface area contributed by atoms with E-state index >= 15 is 0 Å². The molecule has 0 aromatic rings. The standard InChI is InChI=1S/C20H28O7/c1-10(2)8-15(22)27-17-16-12(4)19(24)26-13(16)9-11(3)6-7-14(21)20(5,25)18(17)23/h6-7,10-11,13,16-18,23,25H,4,8-9H2,1-3,5H3. The maximum absolute atomic E-state index is 12.4. The van der Waals surface area contributed by atoms with Crippen LogP contribution in [-0.2, 0) is 23.9 Å². The second-order valence-corrected chi connectivity index (χ2v) is 8.08. The fourth-order valence-electron chi connectivity index (χ4n) is 3.45. The van der Waals surface area contributed by atoms with Crippen molar-refractivity contribution in [2.75, 3.05) is 0 Å². The van der Waals surface area contributed by atoms with Crippen LogP contribution in [0.15, 0.2) is 24.3 Å². The number of hydrogen-bond acceptors (Lipinski definition) is 7. The summed E-state index contributed by atoms with van der Waals surface area (Å²) >= 11 is 0. The van der Waals surface area contributed by atoms with Crippen LogP contribution in [-0.4, -0.2) is 51.8 Å². The predicted octanol–water partition coefficient (Wildman–Crippen LogP) is 1.32. The van der Waals surface area contributed by atoms with Gasteiger partial charge < -0.3 is 19.7 Å². The number of carbonyl (C=O) groups is 3. The second kappa shape index (κ2) is 7.94. The van der Waals surface area contributed by atoms with Crippen molar-refractivity contribution in [1.29, 1.82) is 0 Å². The Labute approximate surface area is 159 Å². The number of hydrogen-bond donors (Lipinski definition) is 2. The molecule has 6 atom stereocenters. The number of rotatable bonds is 3. The minimum Gasteiger partial charge on any atom is -0.459 e. The summed E-state index contributed by atoms with van der Waals surface area (Å²) in [5, 5.41) is 21.5. The quantitative estimate of drug-likeness (QED) is 0.561. The summed E-state index contributed by atoms with van der Waals surface area (Å²) in [5.41, 5.74) is -2.14. The summed E-state index contributed by atoms with van der Waals surface area (Å²) < 4.78 is 10.9. The molecule has 2 rings (SSSR count). The normalized spacial score (nSPS) is 37.1. The Morgan fingerprint density at radius 2 is 2.07 bits per heavy atom. The van der Waals surface area contributed by atoms with Crippen LogP contribution < -0.4 is 0 Å². The van der Waals surface area contributed by atoms with E-state index in [4.69, 9.17) is 9.47 Å². The van der Waals surface area contributed by atoms with Crippen molar-refractivity contribution in [3.63, 3.8) is 0 Å². The SMILES string of the molecule is C=C1C(=O)OC2CC(C)C=CC(=O)C(C)(O)C(O)C(OC(=O)CC(C)C)C12.